The Morgan fingerprint density at radius 3 is 2.50 bits per heavy atom. The molecule has 32 heavy (non-hydrogen) atoms. The third-order valence-electron chi connectivity index (χ3n) is 4.39. The van der Waals surface area contributed by atoms with Gasteiger partial charge in [0.15, 0.2) is 0 Å². The predicted molar refractivity (Wildman–Crippen MR) is 119 cm³/mol. The first-order chi connectivity index (χ1) is 15.2. The van der Waals surface area contributed by atoms with E-state index in [9.17, 15) is 23.5 Å². The lowest BCUT2D eigenvalue weighted by Crippen LogP contribution is -2.52. The molecule has 0 aliphatic heterocycles. The van der Waals surface area contributed by atoms with E-state index in [1.54, 1.807) is 12.1 Å². The molecule has 0 saturated carbocycles. The van der Waals surface area contributed by atoms with Crippen molar-refractivity contribution in [1.29, 1.82) is 0 Å². The van der Waals surface area contributed by atoms with Gasteiger partial charge in [0.2, 0.25) is 0 Å². The number of amides is 1. The van der Waals surface area contributed by atoms with Crippen molar-refractivity contribution in [2.24, 2.45) is 10.7 Å². The highest BCUT2D eigenvalue weighted by Gasteiger charge is 2.28. The summed E-state index contributed by atoms with van der Waals surface area (Å²) in [6, 6.07) is 10.5. The minimum absolute atomic E-state index is 0.0764. The van der Waals surface area contributed by atoms with Gasteiger partial charge in [0.1, 0.15) is 29.9 Å². The number of hydrogen-bond donors (Lipinski definition) is 4. The van der Waals surface area contributed by atoms with Crippen LogP contribution in [0.4, 0.5) is 14.5 Å². The normalized spacial score (nSPS) is 12.9. The number of ether oxygens (including phenoxy) is 1. The zero-order valence-corrected chi connectivity index (χ0v) is 18.1. The molecule has 0 saturated heterocycles. The fourth-order valence-electron chi connectivity index (χ4n) is 2.64. The first-order valence-electron chi connectivity index (χ1n) is 9.57. The van der Waals surface area contributed by atoms with Gasteiger partial charge in [-0.1, -0.05) is 24.3 Å². The topological polar surface area (TPSA) is 140 Å². The molecule has 1 atom stereocenters. The molecule has 0 bridgehead atoms. The average molecular weight is 450 g/mol. The molecule has 0 aliphatic carbocycles. The number of nitrogens with two attached hydrogens (primary N) is 2. The summed E-state index contributed by atoms with van der Waals surface area (Å²) in [6.07, 6.45) is -2.21. The molecule has 0 aromatic heterocycles. The second-order valence-electron chi connectivity index (χ2n) is 6.76. The predicted octanol–water partition coefficient (Wildman–Crippen LogP) is 1.85. The van der Waals surface area contributed by atoms with Gasteiger partial charge in [0, 0.05) is 23.9 Å². The molecule has 174 valence electrons. The van der Waals surface area contributed by atoms with Crippen molar-refractivity contribution in [2.75, 3.05) is 26.4 Å². The average Bonchev–Trinajstić information content (AvgIpc) is 2.81. The van der Waals surface area contributed by atoms with Crippen LogP contribution in [0.15, 0.2) is 47.5 Å². The lowest BCUT2D eigenvalue weighted by atomic mass is 10.0. The van der Waals surface area contributed by atoms with Crippen molar-refractivity contribution in [2.45, 2.75) is 25.5 Å². The lowest BCUT2D eigenvalue weighted by molar-refractivity contribution is -0.122. The van der Waals surface area contributed by atoms with Crippen molar-refractivity contribution in [1.82, 2.24) is 5.32 Å². The Labute approximate surface area is 185 Å². The minimum Gasteiger partial charge on any atom is -0.489 e. The Morgan fingerprint density at radius 1 is 1.28 bits per heavy atom. The van der Waals surface area contributed by atoms with Crippen LogP contribution in [0, 0.1) is 0 Å². The number of hydrogen-bond acceptors (Lipinski definition) is 7. The summed E-state index contributed by atoms with van der Waals surface area (Å²) in [5.41, 5.74) is 9.58. The molecule has 2 rings (SSSR count). The molecule has 0 fully saturated rings. The summed E-state index contributed by atoms with van der Waals surface area (Å²) >= 11 is 0. The van der Waals surface area contributed by atoms with Crippen LogP contribution in [0.25, 0.3) is 0 Å². The van der Waals surface area contributed by atoms with Crippen molar-refractivity contribution in [3.8, 4) is 5.75 Å². The third-order valence-corrected chi connectivity index (χ3v) is 4.39. The molecule has 0 spiro atoms. The smallest absolute Gasteiger partial charge is 0.270 e. The Hall–Kier alpha value is -3.37. The molecule has 1 unspecified atom stereocenters. The van der Waals surface area contributed by atoms with Gasteiger partial charge in [0.25, 0.3) is 12.3 Å². The fourth-order valence-corrected chi connectivity index (χ4v) is 2.64. The molecular weight excluding hydrogens is 422 g/mol. The van der Waals surface area contributed by atoms with Crippen molar-refractivity contribution in [3.05, 3.63) is 59.2 Å². The number of aliphatic hydroxyl groups excluding tert-OH is 1. The third kappa shape index (κ3) is 6.82. The fraction of sp³-hybridized carbons (Fsp3) is 0.318. The number of carbonyl (C=O) groups excluding carboxylic acids is 2. The lowest BCUT2D eigenvalue weighted by Gasteiger charge is -2.22. The van der Waals surface area contributed by atoms with Crippen molar-refractivity contribution >= 4 is 23.6 Å². The van der Waals surface area contributed by atoms with Crippen LogP contribution in [-0.2, 0) is 16.2 Å². The maximum atomic E-state index is 13.1. The number of halogens is 2. The van der Waals surface area contributed by atoms with Gasteiger partial charge in [0.05, 0.1) is 6.61 Å². The highest BCUT2D eigenvalue weighted by atomic mass is 19.3. The van der Waals surface area contributed by atoms with Gasteiger partial charge in [-0.25, -0.2) is 8.78 Å². The van der Waals surface area contributed by atoms with Gasteiger partial charge in [-0.3, -0.25) is 9.79 Å². The van der Waals surface area contributed by atoms with Crippen LogP contribution in [0.1, 0.15) is 30.0 Å². The second kappa shape index (κ2) is 12.5. The van der Waals surface area contributed by atoms with E-state index in [4.69, 9.17) is 10.5 Å². The van der Waals surface area contributed by atoms with Gasteiger partial charge in [-0.15, -0.1) is 0 Å². The van der Waals surface area contributed by atoms with Gasteiger partial charge >= 0.3 is 0 Å². The zero-order valence-electron chi connectivity index (χ0n) is 18.1. The quantitative estimate of drug-likeness (QED) is 0.261. The van der Waals surface area contributed by atoms with Crippen LogP contribution in [0.3, 0.4) is 0 Å². The van der Waals surface area contributed by atoms with E-state index in [1.165, 1.54) is 51.4 Å². The first-order valence-corrected chi connectivity index (χ1v) is 9.57. The second-order valence-corrected chi connectivity index (χ2v) is 6.76. The molecule has 10 heteroatoms. The van der Waals surface area contributed by atoms with Crippen LogP contribution in [0.5, 0.6) is 5.75 Å². The monoisotopic (exact) mass is 450 g/mol. The molecule has 8 nitrogen and oxygen atoms in total. The highest BCUT2D eigenvalue weighted by Crippen LogP contribution is 2.26. The van der Waals surface area contributed by atoms with Crippen LogP contribution < -0.4 is 21.5 Å². The SMILES string of the molecule is CN.CN=C(C(=O)NC(C)(C=O)CO)c1cc(OCc2ccccc2C(F)F)ccc1N. The van der Waals surface area contributed by atoms with Crippen LogP contribution in [-0.4, -0.2) is 49.3 Å². The van der Waals surface area contributed by atoms with Crippen LogP contribution >= 0.6 is 0 Å². The maximum absolute atomic E-state index is 13.1. The van der Waals surface area contributed by atoms with Crippen LogP contribution in [0.2, 0.25) is 0 Å². The number of rotatable bonds is 9. The molecular formula is C22H28F2N4O4. The number of nitrogen functional groups attached to an aromatic ring is 1. The summed E-state index contributed by atoms with van der Waals surface area (Å²) in [5, 5.41) is 11.7. The number of anilines is 1. The number of alkyl halides is 2. The number of benzene rings is 2. The van der Waals surface area contributed by atoms with E-state index in [0.29, 0.717) is 11.8 Å². The number of nitrogens with zero attached hydrogens (tertiary/aromatic N) is 1. The number of nitrogens with one attached hydrogen (secondary N) is 1. The number of aliphatic hydroxyl groups is 1. The number of carbonyl (C=O) groups is 2. The molecule has 0 aliphatic rings. The largest absolute Gasteiger partial charge is 0.489 e. The van der Waals surface area contributed by atoms with E-state index < -0.39 is 24.5 Å². The van der Waals surface area contributed by atoms with Crippen molar-refractivity contribution in [3.63, 3.8) is 0 Å². The van der Waals surface area contributed by atoms with E-state index >= 15 is 0 Å². The number of aliphatic imine (C=N–C) groups is 1. The molecule has 6 N–H and O–H groups in total. The van der Waals surface area contributed by atoms with Gasteiger partial charge in [-0.05, 0) is 37.7 Å². The summed E-state index contributed by atoms with van der Waals surface area (Å²) in [4.78, 5) is 27.7. The molecule has 2 aromatic carbocycles. The number of aldehydes is 1. The molecule has 0 heterocycles. The summed E-state index contributed by atoms with van der Waals surface area (Å²) in [7, 11) is 2.87. The molecule has 2 aromatic rings. The summed E-state index contributed by atoms with van der Waals surface area (Å²) in [6.45, 7) is 0.651. The molecule has 0 radical (unpaired) electrons. The zero-order chi connectivity index (χ0) is 24.3. The first kappa shape index (κ1) is 26.7. The van der Waals surface area contributed by atoms with E-state index in [1.807, 2.05) is 0 Å². The Morgan fingerprint density at radius 2 is 1.94 bits per heavy atom. The van der Waals surface area contributed by atoms with E-state index in [-0.39, 0.29) is 34.9 Å². The summed E-state index contributed by atoms with van der Waals surface area (Å²) < 4.78 is 31.9. The minimum atomic E-state index is -2.63. The standard InChI is InChI=1S/C21H23F2N3O4.CH5N/c1-21(11-27,12-28)26-20(29)18(25-2)16-9-14(7-8-17(16)24)30-10-13-5-3-4-6-15(13)19(22)23;1-2/h3-9,11,19,28H,10,12,24H2,1-2H3,(H,26,29);2H2,1H3. The van der Waals surface area contributed by atoms with Gasteiger partial charge < -0.3 is 31.4 Å². The Kier molecular flexibility index (Phi) is 10.4. The van der Waals surface area contributed by atoms with Gasteiger partial charge in [-0.2, -0.15) is 0 Å². The van der Waals surface area contributed by atoms with E-state index in [0.717, 1.165) is 0 Å². The van der Waals surface area contributed by atoms with Crippen molar-refractivity contribution < 1.29 is 28.2 Å². The Bertz CT molecular complexity index is 953. The maximum Gasteiger partial charge on any atom is 0.270 e. The molecule has 1 amide bonds. The van der Waals surface area contributed by atoms with E-state index in [2.05, 4.69) is 16.0 Å². The highest BCUT2D eigenvalue weighted by molar-refractivity contribution is 6.46. The Balaban J connectivity index is 0.00000249. The summed E-state index contributed by atoms with van der Waals surface area (Å²) in [5.74, 6) is -0.425.